The van der Waals surface area contributed by atoms with Gasteiger partial charge in [-0.2, -0.15) is 0 Å². The van der Waals surface area contributed by atoms with Crippen molar-refractivity contribution in [1.82, 2.24) is 0 Å². The minimum atomic E-state index is -3.72. The average Bonchev–Trinajstić information content (AvgIpc) is 3.04. The topological polar surface area (TPSA) is 38.8 Å². The molecule has 0 bridgehead atoms. The van der Waals surface area contributed by atoms with E-state index in [-0.39, 0.29) is 13.2 Å². The van der Waals surface area contributed by atoms with Crippen molar-refractivity contribution in [1.29, 1.82) is 0 Å². The van der Waals surface area contributed by atoms with E-state index in [4.69, 9.17) is 9.05 Å². The van der Waals surface area contributed by atoms with E-state index >= 15 is 4.57 Å². The monoisotopic (exact) mass is 545 g/mol. The van der Waals surface area contributed by atoms with E-state index in [1.54, 1.807) is 0 Å². The maximum absolute atomic E-state index is 15.1. The van der Waals surface area contributed by atoms with Gasteiger partial charge >= 0.3 is 7.60 Å². The maximum atomic E-state index is 15.1. The van der Waals surface area contributed by atoms with Crippen molar-refractivity contribution in [3.63, 3.8) is 0 Å². The molecule has 0 fully saturated rings. The third kappa shape index (κ3) is 5.80. The Balaban J connectivity index is 1.38. The molecule has 1 aliphatic heterocycles. The van der Waals surface area contributed by atoms with Crippen LogP contribution in [-0.4, -0.2) is 6.54 Å². The predicted octanol–water partition coefficient (Wildman–Crippen LogP) is 9.04. The van der Waals surface area contributed by atoms with E-state index in [1.807, 2.05) is 91.0 Å². The normalized spacial score (nSPS) is 15.0. The summed E-state index contributed by atoms with van der Waals surface area (Å²) in [6, 6.07) is 46.8. The van der Waals surface area contributed by atoms with Gasteiger partial charge in [-0.05, 0) is 51.9 Å². The first kappa shape index (κ1) is 26.3. The lowest BCUT2D eigenvalue weighted by Gasteiger charge is -2.41. The highest BCUT2D eigenvalue weighted by Gasteiger charge is 2.44. The molecule has 0 radical (unpaired) electrons. The van der Waals surface area contributed by atoms with Gasteiger partial charge in [-0.25, -0.2) is 0 Å². The molecular formula is C35H32NO3P. The van der Waals surface area contributed by atoms with Crippen LogP contribution in [0.15, 0.2) is 140 Å². The van der Waals surface area contributed by atoms with Crippen LogP contribution in [0.2, 0.25) is 0 Å². The first-order valence-corrected chi connectivity index (χ1v) is 15.3. The van der Waals surface area contributed by atoms with Crippen LogP contribution in [0, 0.1) is 0 Å². The molecule has 5 aromatic carbocycles. The first-order chi connectivity index (χ1) is 19.7. The van der Waals surface area contributed by atoms with E-state index in [2.05, 4.69) is 53.4 Å². The Morgan fingerprint density at radius 2 is 1.10 bits per heavy atom. The van der Waals surface area contributed by atoms with Gasteiger partial charge in [0.25, 0.3) is 0 Å². The zero-order valence-electron chi connectivity index (χ0n) is 22.3. The second-order valence-electron chi connectivity index (χ2n) is 9.99. The summed E-state index contributed by atoms with van der Waals surface area (Å²) in [6.45, 7) is 1.11. The average molecular weight is 546 g/mol. The smallest absolute Gasteiger partial charge is 0.353 e. The summed E-state index contributed by atoms with van der Waals surface area (Å²) >= 11 is 0. The molecule has 40 heavy (non-hydrogen) atoms. The van der Waals surface area contributed by atoms with E-state index < -0.39 is 13.4 Å². The Hall–Kier alpha value is -3.95. The number of nitrogens with zero attached hydrogens (tertiary/aromatic N) is 1. The summed E-state index contributed by atoms with van der Waals surface area (Å²) in [5.41, 5.74) is 7.37. The predicted molar refractivity (Wildman–Crippen MR) is 162 cm³/mol. The quantitative estimate of drug-likeness (QED) is 0.173. The molecule has 0 unspecified atom stereocenters. The van der Waals surface area contributed by atoms with E-state index in [1.165, 1.54) is 5.56 Å². The highest BCUT2D eigenvalue weighted by atomic mass is 31.2. The van der Waals surface area contributed by atoms with Gasteiger partial charge in [-0.3, -0.25) is 4.57 Å². The molecule has 0 saturated heterocycles. The molecule has 5 heteroatoms. The first-order valence-electron chi connectivity index (χ1n) is 13.7. The molecule has 0 saturated carbocycles. The lowest BCUT2D eigenvalue weighted by atomic mass is 9.98. The molecule has 0 spiro atoms. The van der Waals surface area contributed by atoms with E-state index in [0.717, 1.165) is 39.9 Å². The fourth-order valence-corrected chi connectivity index (χ4v) is 7.49. The zero-order chi connectivity index (χ0) is 27.2. The Kier molecular flexibility index (Phi) is 7.92. The lowest BCUT2D eigenvalue weighted by molar-refractivity contribution is 0.182. The maximum Gasteiger partial charge on any atom is 0.358 e. The van der Waals surface area contributed by atoms with Crippen molar-refractivity contribution < 1.29 is 13.6 Å². The summed E-state index contributed by atoms with van der Waals surface area (Å²) in [4.78, 5) is 2.20. The van der Waals surface area contributed by atoms with E-state index in [0.29, 0.717) is 6.54 Å². The minimum Gasteiger partial charge on any atom is -0.353 e. The number of anilines is 1. The van der Waals surface area contributed by atoms with Gasteiger partial charge in [0.15, 0.2) is 5.78 Å². The van der Waals surface area contributed by atoms with Crippen molar-refractivity contribution in [3.8, 4) is 11.1 Å². The summed E-state index contributed by atoms with van der Waals surface area (Å²) in [6.07, 6.45) is 0.852. The minimum absolute atomic E-state index is 0.201. The van der Waals surface area contributed by atoms with Crippen molar-refractivity contribution in [2.24, 2.45) is 0 Å². The Labute approximate surface area is 236 Å². The van der Waals surface area contributed by atoms with Gasteiger partial charge in [0.1, 0.15) is 0 Å². The van der Waals surface area contributed by atoms with E-state index in [9.17, 15) is 0 Å². The highest BCUT2D eigenvalue weighted by molar-refractivity contribution is 7.54. The van der Waals surface area contributed by atoms with Crippen LogP contribution < -0.4 is 4.90 Å². The molecule has 0 amide bonds. The second kappa shape index (κ2) is 12.1. The third-order valence-electron chi connectivity index (χ3n) is 7.36. The van der Waals surface area contributed by atoms with Crippen molar-refractivity contribution in [2.45, 2.75) is 25.4 Å². The van der Waals surface area contributed by atoms with Gasteiger partial charge in [0, 0.05) is 12.2 Å². The van der Waals surface area contributed by atoms with Crippen molar-refractivity contribution >= 4 is 13.3 Å². The molecule has 0 N–H and O–H groups in total. The van der Waals surface area contributed by atoms with Gasteiger partial charge in [0.05, 0.1) is 13.2 Å². The van der Waals surface area contributed by atoms with Crippen LogP contribution >= 0.6 is 7.60 Å². The Morgan fingerprint density at radius 1 is 0.600 bits per heavy atom. The van der Waals surface area contributed by atoms with Crippen LogP contribution in [0.5, 0.6) is 0 Å². The van der Waals surface area contributed by atoms with Gasteiger partial charge < -0.3 is 13.9 Å². The van der Waals surface area contributed by atoms with Crippen LogP contribution in [0.25, 0.3) is 11.1 Å². The Morgan fingerprint density at radius 3 is 1.70 bits per heavy atom. The number of rotatable bonds is 9. The molecule has 1 heterocycles. The van der Waals surface area contributed by atoms with Crippen LogP contribution in [-0.2, 0) is 33.2 Å². The molecule has 6 rings (SSSR count). The summed E-state index contributed by atoms with van der Waals surface area (Å²) in [5.74, 6) is -0.576. The third-order valence-corrected chi connectivity index (χ3v) is 9.50. The molecule has 200 valence electrons. The molecule has 1 aliphatic rings. The number of fused-ring (bicyclic) bond motifs is 1. The molecule has 0 aromatic heterocycles. The fourth-order valence-electron chi connectivity index (χ4n) is 5.29. The summed E-state index contributed by atoms with van der Waals surface area (Å²) in [5, 5.41) is 0. The lowest BCUT2D eigenvalue weighted by Crippen LogP contribution is -2.36. The van der Waals surface area contributed by atoms with Crippen LogP contribution in [0.3, 0.4) is 0 Å². The number of hydrogen-bond acceptors (Lipinski definition) is 4. The van der Waals surface area contributed by atoms with Gasteiger partial charge in [-0.1, -0.05) is 127 Å². The number of hydrogen-bond donors (Lipinski definition) is 0. The van der Waals surface area contributed by atoms with Gasteiger partial charge in [0.2, 0.25) is 0 Å². The Bertz CT molecular complexity index is 1530. The van der Waals surface area contributed by atoms with Crippen LogP contribution in [0.4, 0.5) is 5.69 Å². The van der Waals surface area contributed by atoms with Crippen molar-refractivity contribution in [3.05, 3.63) is 162 Å². The van der Waals surface area contributed by atoms with Gasteiger partial charge in [-0.15, -0.1) is 0 Å². The highest BCUT2D eigenvalue weighted by Crippen LogP contribution is 2.65. The second-order valence-corrected chi connectivity index (χ2v) is 12.1. The molecule has 1 atom stereocenters. The summed E-state index contributed by atoms with van der Waals surface area (Å²) < 4.78 is 27.8. The number of benzene rings is 5. The zero-order valence-corrected chi connectivity index (χ0v) is 23.2. The van der Waals surface area contributed by atoms with Crippen molar-refractivity contribution in [2.75, 3.05) is 11.4 Å². The largest absolute Gasteiger partial charge is 0.358 e. The molecule has 4 nitrogen and oxygen atoms in total. The molecular weight excluding hydrogens is 513 g/mol. The summed E-state index contributed by atoms with van der Waals surface area (Å²) in [7, 11) is -3.72. The molecule has 0 aliphatic carbocycles. The fraction of sp³-hybridized carbons (Fsp3) is 0.143. The SMILES string of the molecule is O=P(OCc1ccccc1)(OCc1ccccc1)[C@H]1c2ccccc2CCN1c1ccc(-c2ccccc2)cc1. The standard InChI is InChI=1S/C35H32NO3P/c37-40(38-26-28-12-4-1-5-13-28,39-27-29-14-6-2-7-15-29)35-34-19-11-10-18-32(34)24-25-36(35)33-22-20-31(21-23-33)30-16-8-3-9-17-30/h1-23,35H,24-27H2/t35-/m0/s1. The molecule has 5 aromatic rings. The van der Waals surface area contributed by atoms with Crippen LogP contribution in [0.1, 0.15) is 28.0 Å².